The number of alkyl halides is 2. The molecule has 1 rings (SSSR count). The lowest BCUT2D eigenvalue weighted by Crippen LogP contribution is -2.28. The Hall–Kier alpha value is -0.960. The summed E-state index contributed by atoms with van der Waals surface area (Å²) in [7, 11) is 0. The Labute approximate surface area is 82.9 Å². The zero-order chi connectivity index (χ0) is 10.8. The summed E-state index contributed by atoms with van der Waals surface area (Å²) in [5.74, 6) is 0. The van der Waals surface area contributed by atoms with Gasteiger partial charge in [-0.15, -0.1) is 0 Å². The second-order valence-corrected chi connectivity index (χ2v) is 4.02. The highest BCUT2D eigenvalue weighted by Crippen LogP contribution is 2.19. The highest BCUT2D eigenvalue weighted by molar-refractivity contribution is 5.28. The van der Waals surface area contributed by atoms with Crippen LogP contribution in [0.4, 0.5) is 8.78 Å². The van der Waals surface area contributed by atoms with Crippen molar-refractivity contribution in [2.24, 2.45) is 5.73 Å². The molecule has 0 bridgehead atoms. The Morgan fingerprint density at radius 1 is 1.36 bits per heavy atom. The monoisotopic (exact) mass is 199 g/mol. The van der Waals surface area contributed by atoms with E-state index in [4.69, 9.17) is 5.73 Å². The third-order valence-electron chi connectivity index (χ3n) is 2.06. The molecule has 0 unspecified atom stereocenters. The van der Waals surface area contributed by atoms with Crippen LogP contribution in [0.25, 0.3) is 0 Å². The smallest absolute Gasteiger partial charge is 0.242 e. The third kappa shape index (κ3) is 3.07. The maximum Gasteiger partial charge on any atom is 0.242 e. The number of benzene rings is 1. The molecule has 0 amide bonds. The molecule has 0 aliphatic heterocycles. The third-order valence-corrected chi connectivity index (χ3v) is 2.06. The van der Waals surface area contributed by atoms with Crippen molar-refractivity contribution in [2.75, 3.05) is 0 Å². The van der Waals surface area contributed by atoms with Crippen molar-refractivity contribution in [3.05, 3.63) is 35.4 Å². The molecular formula is C11H15F2N. The fourth-order valence-corrected chi connectivity index (χ4v) is 1.28. The average molecular weight is 199 g/mol. The van der Waals surface area contributed by atoms with Crippen LogP contribution in [0.1, 0.15) is 25.0 Å². The van der Waals surface area contributed by atoms with Crippen LogP contribution in [0.2, 0.25) is 0 Å². The van der Waals surface area contributed by atoms with E-state index < -0.39 is 12.0 Å². The fraction of sp³-hybridized carbons (Fsp3) is 0.455. The van der Waals surface area contributed by atoms with E-state index in [1.807, 2.05) is 19.9 Å². The van der Waals surface area contributed by atoms with Crippen molar-refractivity contribution in [3.63, 3.8) is 0 Å². The highest BCUT2D eigenvalue weighted by Gasteiger charge is 2.14. The number of rotatable bonds is 3. The molecule has 1 aromatic carbocycles. The van der Waals surface area contributed by atoms with Crippen molar-refractivity contribution < 1.29 is 8.78 Å². The van der Waals surface area contributed by atoms with Gasteiger partial charge >= 0.3 is 0 Å². The van der Waals surface area contributed by atoms with Crippen LogP contribution in [-0.4, -0.2) is 6.43 Å². The molecule has 0 aromatic heterocycles. The molecule has 3 heteroatoms. The van der Waals surface area contributed by atoms with E-state index in [0.29, 0.717) is 5.56 Å². The van der Waals surface area contributed by atoms with Gasteiger partial charge in [0.2, 0.25) is 6.43 Å². The maximum atomic E-state index is 12.1. The molecule has 1 nitrogen and oxygen atoms in total. The SMILES string of the molecule is CC(C)(N)c1cccc(CC(F)F)c1. The molecule has 0 saturated carbocycles. The Balaban J connectivity index is 2.90. The van der Waals surface area contributed by atoms with E-state index in [1.165, 1.54) is 0 Å². The number of nitrogens with two attached hydrogens (primary N) is 1. The lowest BCUT2D eigenvalue weighted by Gasteiger charge is -2.19. The average Bonchev–Trinajstić information content (AvgIpc) is 2.01. The van der Waals surface area contributed by atoms with E-state index in [0.717, 1.165) is 5.56 Å². The number of hydrogen-bond donors (Lipinski definition) is 1. The Bertz CT molecular complexity index is 302. The maximum absolute atomic E-state index is 12.1. The summed E-state index contributed by atoms with van der Waals surface area (Å²) in [5, 5.41) is 0. The van der Waals surface area contributed by atoms with Gasteiger partial charge in [-0.1, -0.05) is 24.3 Å². The Morgan fingerprint density at radius 3 is 2.50 bits per heavy atom. The fourth-order valence-electron chi connectivity index (χ4n) is 1.28. The van der Waals surface area contributed by atoms with Gasteiger partial charge in [-0.25, -0.2) is 8.78 Å². The molecule has 0 spiro atoms. The normalized spacial score (nSPS) is 12.1. The molecule has 78 valence electrons. The Morgan fingerprint density at radius 2 is 2.00 bits per heavy atom. The van der Waals surface area contributed by atoms with E-state index in [2.05, 4.69) is 0 Å². The molecular weight excluding hydrogens is 184 g/mol. The summed E-state index contributed by atoms with van der Waals surface area (Å²) in [6.45, 7) is 3.71. The van der Waals surface area contributed by atoms with Crippen molar-refractivity contribution >= 4 is 0 Å². The lowest BCUT2D eigenvalue weighted by molar-refractivity contribution is 0.149. The van der Waals surface area contributed by atoms with Crippen LogP contribution < -0.4 is 5.73 Å². The van der Waals surface area contributed by atoms with Gasteiger partial charge in [0.05, 0.1) is 0 Å². The minimum atomic E-state index is -2.30. The first kappa shape index (κ1) is 11.1. The molecule has 0 radical (unpaired) electrons. The predicted octanol–water partition coefficient (Wildman–Crippen LogP) is 2.69. The minimum Gasteiger partial charge on any atom is -0.322 e. The molecule has 0 saturated heterocycles. The van der Waals surface area contributed by atoms with Crippen LogP contribution >= 0.6 is 0 Å². The first-order valence-corrected chi connectivity index (χ1v) is 4.56. The van der Waals surface area contributed by atoms with Crippen LogP contribution in [0.5, 0.6) is 0 Å². The molecule has 2 N–H and O–H groups in total. The van der Waals surface area contributed by atoms with Crippen molar-refractivity contribution in [3.8, 4) is 0 Å². The molecule has 14 heavy (non-hydrogen) atoms. The Kier molecular flexibility index (Phi) is 3.21. The van der Waals surface area contributed by atoms with E-state index in [-0.39, 0.29) is 6.42 Å². The lowest BCUT2D eigenvalue weighted by atomic mass is 9.93. The summed E-state index contributed by atoms with van der Waals surface area (Å²) in [6.07, 6.45) is -2.50. The van der Waals surface area contributed by atoms with Gasteiger partial charge in [0.25, 0.3) is 0 Å². The summed E-state index contributed by atoms with van der Waals surface area (Å²) >= 11 is 0. The second-order valence-electron chi connectivity index (χ2n) is 4.02. The molecule has 0 aliphatic carbocycles. The van der Waals surface area contributed by atoms with Gasteiger partial charge < -0.3 is 5.73 Å². The summed E-state index contributed by atoms with van der Waals surface area (Å²) < 4.78 is 24.2. The van der Waals surface area contributed by atoms with Gasteiger partial charge in [0.15, 0.2) is 0 Å². The van der Waals surface area contributed by atoms with E-state index in [9.17, 15) is 8.78 Å². The van der Waals surface area contributed by atoms with Crippen molar-refractivity contribution in [1.82, 2.24) is 0 Å². The van der Waals surface area contributed by atoms with Crippen LogP contribution in [-0.2, 0) is 12.0 Å². The van der Waals surface area contributed by atoms with Gasteiger partial charge in [0, 0.05) is 12.0 Å². The zero-order valence-corrected chi connectivity index (χ0v) is 8.43. The van der Waals surface area contributed by atoms with Crippen LogP contribution in [0, 0.1) is 0 Å². The zero-order valence-electron chi connectivity index (χ0n) is 8.43. The van der Waals surface area contributed by atoms with Crippen LogP contribution in [0.15, 0.2) is 24.3 Å². The van der Waals surface area contributed by atoms with Crippen LogP contribution in [0.3, 0.4) is 0 Å². The molecule has 0 fully saturated rings. The molecule has 0 heterocycles. The first-order chi connectivity index (χ1) is 6.39. The largest absolute Gasteiger partial charge is 0.322 e. The first-order valence-electron chi connectivity index (χ1n) is 4.56. The van der Waals surface area contributed by atoms with Gasteiger partial charge in [-0.3, -0.25) is 0 Å². The quantitative estimate of drug-likeness (QED) is 0.795. The number of halogens is 2. The van der Waals surface area contributed by atoms with Crippen molar-refractivity contribution in [2.45, 2.75) is 32.2 Å². The summed E-state index contributed by atoms with van der Waals surface area (Å²) in [6, 6.07) is 7.06. The molecule has 1 aromatic rings. The minimum absolute atomic E-state index is 0.204. The topological polar surface area (TPSA) is 26.0 Å². The van der Waals surface area contributed by atoms with E-state index >= 15 is 0 Å². The van der Waals surface area contributed by atoms with Crippen molar-refractivity contribution in [1.29, 1.82) is 0 Å². The summed E-state index contributed by atoms with van der Waals surface area (Å²) in [4.78, 5) is 0. The predicted molar refractivity (Wildman–Crippen MR) is 53.4 cm³/mol. The second kappa shape index (κ2) is 4.05. The summed E-state index contributed by atoms with van der Waals surface area (Å²) in [5.41, 5.74) is 6.91. The molecule has 0 aliphatic rings. The highest BCUT2D eigenvalue weighted by atomic mass is 19.3. The van der Waals surface area contributed by atoms with Gasteiger partial charge in [-0.05, 0) is 25.0 Å². The van der Waals surface area contributed by atoms with Gasteiger partial charge in [0.1, 0.15) is 0 Å². The van der Waals surface area contributed by atoms with Gasteiger partial charge in [-0.2, -0.15) is 0 Å². The molecule has 0 atom stereocenters. The number of hydrogen-bond acceptors (Lipinski definition) is 1. The standard InChI is InChI=1S/C11H15F2N/c1-11(2,14)9-5-3-4-8(6-9)7-10(12)13/h3-6,10H,7,14H2,1-2H3. The van der Waals surface area contributed by atoms with E-state index in [1.54, 1.807) is 18.2 Å².